The van der Waals surface area contributed by atoms with E-state index in [0.717, 1.165) is 38.0 Å². The Bertz CT molecular complexity index is 945. The van der Waals surface area contributed by atoms with E-state index in [1.165, 1.54) is 12.1 Å². The highest BCUT2D eigenvalue weighted by atomic mass is 19.1. The van der Waals surface area contributed by atoms with Gasteiger partial charge >= 0.3 is 0 Å². The number of hydrogen-bond acceptors (Lipinski definition) is 5. The van der Waals surface area contributed by atoms with E-state index in [4.69, 9.17) is 14.2 Å². The van der Waals surface area contributed by atoms with Crippen molar-refractivity contribution in [3.63, 3.8) is 0 Å². The number of rotatable bonds is 6. The first-order chi connectivity index (χ1) is 15.1. The van der Waals surface area contributed by atoms with Crippen molar-refractivity contribution in [3.05, 3.63) is 59.4 Å². The normalized spacial score (nSPS) is 26.5. The molecule has 3 saturated heterocycles. The van der Waals surface area contributed by atoms with E-state index < -0.39 is 0 Å². The summed E-state index contributed by atoms with van der Waals surface area (Å²) in [5.74, 6) is 1.42. The van der Waals surface area contributed by atoms with Gasteiger partial charge in [0.15, 0.2) is 17.6 Å². The van der Waals surface area contributed by atoms with Crippen molar-refractivity contribution in [2.24, 2.45) is 5.92 Å². The number of benzene rings is 2. The highest BCUT2D eigenvalue weighted by molar-refractivity contribution is 5.95. The fourth-order valence-electron chi connectivity index (χ4n) is 4.65. The van der Waals surface area contributed by atoms with E-state index in [-0.39, 0.29) is 23.9 Å². The summed E-state index contributed by atoms with van der Waals surface area (Å²) in [5, 5.41) is 3.21. The molecule has 4 aliphatic rings. The lowest BCUT2D eigenvalue weighted by Gasteiger charge is -2.44. The highest BCUT2D eigenvalue weighted by Gasteiger charge is 2.35. The average Bonchev–Trinajstić information content (AvgIpc) is 2.79. The summed E-state index contributed by atoms with van der Waals surface area (Å²) < 4.78 is 30.7. The molecule has 2 aromatic rings. The van der Waals surface area contributed by atoms with E-state index in [9.17, 15) is 9.18 Å². The minimum atomic E-state index is -0.277. The first kappa shape index (κ1) is 20.3. The van der Waals surface area contributed by atoms with Crippen LogP contribution in [0, 0.1) is 11.7 Å². The van der Waals surface area contributed by atoms with Crippen molar-refractivity contribution in [2.75, 3.05) is 32.8 Å². The molecule has 0 aliphatic carbocycles. The van der Waals surface area contributed by atoms with Gasteiger partial charge in [0.05, 0.1) is 13.2 Å². The molecule has 7 heteroatoms. The zero-order valence-corrected chi connectivity index (χ0v) is 17.4. The van der Waals surface area contributed by atoms with E-state index in [1.54, 1.807) is 24.3 Å². The van der Waals surface area contributed by atoms with Crippen LogP contribution in [0.1, 0.15) is 28.8 Å². The lowest BCUT2D eigenvalue weighted by molar-refractivity contribution is 0.00262. The topological polar surface area (TPSA) is 60.0 Å². The summed E-state index contributed by atoms with van der Waals surface area (Å²) in [5.41, 5.74) is 1.36. The molecule has 6 rings (SSSR count). The number of piperidine rings is 3. The minimum Gasteiger partial charge on any atom is -0.486 e. The Morgan fingerprint density at radius 3 is 2.81 bits per heavy atom. The third-order valence-electron chi connectivity index (χ3n) is 6.36. The van der Waals surface area contributed by atoms with Crippen LogP contribution in [0.3, 0.4) is 0 Å². The monoisotopic (exact) mass is 426 g/mol. The summed E-state index contributed by atoms with van der Waals surface area (Å²) in [6.07, 6.45) is 2.07. The Hall–Kier alpha value is -2.64. The number of halogens is 1. The van der Waals surface area contributed by atoms with Crippen molar-refractivity contribution in [1.29, 1.82) is 0 Å². The molecule has 6 nitrogen and oxygen atoms in total. The molecule has 0 spiro atoms. The van der Waals surface area contributed by atoms with Crippen LogP contribution in [0.2, 0.25) is 0 Å². The zero-order chi connectivity index (χ0) is 21.2. The Morgan fingerprint density at radius 1 is 1.16 bits per heavy atom. The fourth-order valence-corrected chi connectivity index (χ4v) is 4.65. The van der Waals surface area contributed by atoms with Crippen molar-refractivity contribution in [1.82, 2.24) is 10.2 Å². The van der Waals surface area contributed by atoms with E-state index in [2.05, 4.69) is 10.2 Å². The van der Waals surface area contributed by atoms with Gasteiger partial charge in [-0.2, -0.15) is 0 Å². The predicted molar refractivity (Wildman–Crippen MR) is 113 cm³/mol. The molecule has 2 aromatic carbocycles. The Balaban J connectivity index is 1.14. The van der Waals surface area contributed by atoms with E-state index >= 15 is 0 Å². The van der Waals surface area contributed by atoms with Gasteiger partial charge < -0.3 is 24.4 Å². The molecule has 2 bridgehead atoms. The first-order valence-electron chi connectivity index (χ1n) is 10.9. The summed E-state index contributed by atoms with van der Waals surface area (Å²) in [6.45, 7) is 4.21. The second-order valence-corrected chi connectivity index (χ2v) is 8.58. The third-order valence-corrected chi connectivity index (χ3v) is 6.36. The van der Waals surface area contributed by atoms with Crippen LogP contribution in [-0.2, 0) is 11.3 Å². The van der Waals surface area contributed by atoms with Crippen LogP contribution in [0.15, 0.2) is 42.5 Å². The van der Waals surface area contributed by atoms with Crippen molar-refractivity contribution >= 4 is 5.91 Å². The number of fused-ring (bicyclic) bond motifs is 4. The first-order valence-corrected chi connectivity index (χ1v) is 10.9. The van der Waals surface area contributed by atoms with Crippen molar-refractivity contribution in [3.8, 4) is 11.5 Å². The second kappa shape index (κ2) is 8.85. The molecule has 0 radical (unpaired) electrons. The number of carbonyl (C=O) groups excluding carboxylic acids is 1. The number of amides is 1. The molecule has 1 N–H and O–H groups in total. The number of nitrogens with one attached hydrogen (secondary N) is 1. The molecular formula is C24H27FN2O4. The molecule has 4 heterocycles. The van der Waals surface area contributed by atoms with Gasteiger partial charge in [-0.3, -0.25) is 4.79 Å². The largest absolute Gasteiger partial charge is 0.486 e. The van der Waals surface area contributed by atoms with Gasteiger partial charge in [-0.15, -0.1) is 0 Å². The van der Waals surface area contributed by atoms with Gasteiger partial charge in [-0.1, -0.05) is 12.1 Å². The molecule has 0 aromatic heterocycles. The minimum absolute atomic E-state index is 0.0642. The molecule has 1 amide bonds. The van der Waals surface area contributed by atoms with Crippen LogP contribution < -0.4 is 14.8 Å². The van der Waals surface area contributed by atoms with Crippen LogP contribution in [-0.4, -0.2) is 55.8 Å². The quantitative estimate of drug-likeness (QED) is 0.770. The Labute approximate surface area is 181 Å². The fraction of sp³-hybridized carbons (Fsp3) is 0.458. The number of carbonyl (C=O) groups is 1. The van der Waals surface area contributed by atoms with Crippen LogP contribution in [0.4, 0.5) is 4.39 Å². The SMILES string of the molecule is O=C(N[C@H]1CN2CCC1CC2)c1ccc2c(c1)OC[C@H](COCc1cccc(F)c1)O2. The predicted octanol–water partition coefficient (Wildman–Crippen LogP) is 3.01. The summed E-state index contributed by atoms with van der Waals surface area (Å²) in [6, 6.07) is 11.9. The lowest BCUT2D eigenvalue weighted by atomic mass is 9.84. The molecule has 31 heavy (non-hydrogen) atoms. The smallest absolute Gasteiger partial charge is 0.251 e. The summed E-state index contributed by atoms with van der Waals surface area (Å²) in [7, 11) is 0. The Morgan fingerprint density at radius 2 is 2.03 bits per heavy atom. The molecule has 0 unspecified atom stereocenters. The number of nitrogens with zero attached hydrogens (tertiary/aromatic N) is 1. The molecule has 4 aliphatic heterocycles. The third kappa shape index (κ3) is 4.67. The van der Waals surface area contributed by atoms with Crippen LogP contribution in [0.25, 0.3) is 0 Å². The van der Waals surface area contributed by atoms with Gasteiger partial charge in [-0.05, 0) is 67.7 Å². The van der Waals surface area contributed by atoms with Gasteiger partial charge in [0.25, 0.3) is 5.91 Å². The highest BCUT2D eigenvalue weighted by Crippen LogP contribution is 2.33. The van der Waals surface area contributed by atoms with Gasteiger partial charge in [0.2, 0.25) is 0 Å². The standard InChI is InChI=1S/C24H27FN2O4/c25-19-3-1-2-16(10-19)13-29-14-20-15-30-23-11-18(4-5-22(23)31-20)24(28)26-21-12-27-8-6-17(21)7-9-27/h1-5,10-11,17,20-21H,6-9,12-15H2,(H,26,28)/t20-,21-/m0/s1. The Kier molecular flexibility index (Phi) is 5.78. The summed E-state index contributed by atoms with van der Waals surface area (Å²) >= 11 is 0. The average molecular weight is 426 g/mol. The molecular weight excluding hydrogens is 399 g/mol. The molecule has 3 fully saturated rings. The van der Waals surface area contributed by atoms with Gasteiger partial charge in [0, 0.05) is 18.2 Å². The maximum Gasteiger partial charge on any atom is 0.251 e. The van der Waals surface area contributed by atoms with Gasteiger partial charge in [-0.25, -0.2) is 4.39 Å². The lowest BCUT2D eigenvalue weighted by Crippen LogP contribution is -2.57. The number of hydrogen-bond donors (Lipinski definition) is 1. The van der Waals surface area contributed by atoms with Crippen LogP contribution in [0.5, 0.6) is 11.5 Å². The van der Waals surface area contributed by atoms with Gasteiger partial charge in [0.1, 0.15) is 12.4 Å². The maximum atomic E-state index is 13.2. The zero-order valence-electron chi connectivity index (χ0n) is 17.4. The van der Waals surface area contributed by atoms with Crippen molar-refractivity contribution in [2.45, 2.75) is 31.6 Å². The molecule has 164 valence electrons. The second-order valence-electron chi connectivity index (χ2n) is 8.58. The van der Waals surface area contributed by atoms with Crippen LogP contribution >= 0.6 is 0 Å². The van der Waals surface area contributed by atoms with Crippen molar-refractivity contribution < 1.29 is 23.4 Å². The maximum absolute atomic E-state index is 13.2. The van der Waals surface area contributed by atoms with E-state index in [0.29, 0.717) is 42.8 Å². The van der Waals surface area contributed by atoms with E-state index in [1.807, 2.05) is 6.07 Å². The molecule has 0 saturated carbocycles. The molecule has 2 atom stereocenters. The number of ether oxygens (including phenoxy) is 3. The summed E-state index contributed by atoms with van der Waals surface area (Å²) in [4.78, 5) is 15.2.